The van der Waals surface area contributed by atoms with Gasteiger partial charge in [0.15, 0.2) is 0 Å². The van der Waals surface area contributed by atoms with Gasteiger partial charge in [0.2, 0.25) is 0 Å². The number of halogens is 1. The molecule has 3 heteroatoms. The summed E-state index contributed by atoms with van der Waals surface area (Å²) in [6.07, 6.45) is 4.38. The molecule has 0 saturated heterocycles. The van der Waals surface area contributed by atoms with Crippen molar-refractivity contribution >= 4 is 42.2 Å². The normalized spacial score (nSPS) is 18.0. The molecule has 2 aliphatic heterocycles. The first kappa shape index (κ1) is 8.73. The highest BCUT2D eigenvalue weighted by Gasteiger charge is 2.15. The van der Waals surface area contributed by atoms with Crippen molar-refractivity contribution in [1.82, 2.24) is 0 Å². The molecule has 0 atom stereocenters. The van der Waals surface area contributed by atoms with Crippen LogP contribution in [0.5, 0.6) is 0 Å². The number of para-hydroxylation sites is 1. The Morgan fingerprint density at radius 1 is 1.21 bits per heavy atom. The number of rotatable bonds is 0. The maximum Gasteiger partial charge on any atom is 0.0861 e. The molecule has 0 saturated carbocycles. The lowest BCUT2D eigenvalue weighted by Gasteiger charge is -2.21. The van der Waals surface area contributed by atoms with E-state index < -0.39 is 0 Å². The molecule has 14 heavy (non-hydrogen) atoms. The molecule has 0 radical (unpaired) electrons. The Morgan fingerprint density at radius 2 is 2.14 bits per heavy atom. The van der Waals surface area contributed by atoms with Gasteiger partial charge in [-0.05, 0) is 22.2 Å². The van der Waals surface area contributed by atoms with Crippen LogP contribution in [0.4, 0.5) is 5.69 Å². The molecule has 1 nitrogen and oxygen atoms in total. The molecular weight excluding hydrogens is 305 g/mol. The van der Waals surface area contributed by atoms with Crippen molar-refractivity contribution in [3.8, 4) is 0 Å². The molecule has 0 bridgehead atoms. The van der Waals surface area contributed by atoms with Crippen LogP contribution < -0.4 is 5.32 Å². The maximum atomic E-state index is 3.52. The Morgan fingerprint density at radius 3 is 3.14 bits per heavy atom. The molecule has 0 spiro atoms. The number of anilines is 1. The second-order valence-electron chi connectivity index (χ2n) is 3.00. The van der Waals surface area contributed by atoms with Crippen molar-refractivity contribution in [2.24, 2.45) is 0 Å². The van der Waals surface area contributed by atoms with Crippen molar-refractivity contribution in [3.05, 3.63) is 45.0 Å². The summed E-state index contributed by atoms with van der Waals surface area (Å²) in [4.78, 5) is 2.74. The summed E-state index contributed by atoms with van der Waals surface area (Å²) >= 11 is 1.94. The molecule has 0 aromatic heterocycles. The highest BCUT2D eigenvalue weighted by molar-refractivity contribution is 14.2. The predicted octanol–water partition coefficient (Wildman–Crippen LogP) is 3.72. The van der Waals surface area contributed by atoms with E-state index in [2.05, 4.69) is 45.7 Å². The number of hydrogen-bond donors (Lipinski definition) is 1. The first-order chi connectivity index (χ1) is 6.93. The van der Waals surface area contributed by atoms with Crippen LogP contribution in [0, 0.1) is 0 Å². The van der Waals surface area contributed by atoms with E-state index in [0.29, 0.717) is 0 Å². The summed E-state index contributed by atoms with van der Waals surface area (Å²) in [5.41, 5.74) is 1.26. The van der Waals surface area contributed by atoms with Gasteiger partial charge < -0.3 is 5.32 Å². The van der Waals surface area contributed by atoms with Crippen LogP contribution in [0.15, 0.2) is 49.9 Å². The molecule has 70 valence electrons. The van der Waals surface area contributed by atoms with E-state index in [1.807, 2.05) is 11.8 Å². The second-order valence-corrected chi connectivity index (χ2v) is 6.50. The van der Waals surface area contributed by atoms with E-state index in [-0.39, 0.29) is 20.7 Å². The summed E-state index contributed by atoms with van der Waals surface area (Å²) in [7, 11) is 0. The van der Waals surface area contributed by atoms with Crippen molar-refractivity contribution in [2.75, 3.05) is 5.32 Å². The van der Waals surface area contributed by atoms with Gasteiger partial charge in [0, 0.05) is 9.80 Å². The van der Waals surface area contributed by atoms with Gasteiger partial charge in [-0.25, -0.2) is 0 Å². The van der Waals surface area contributed by atoms with Crippen LogP contribution in [0.3, 0.4) is 0 Å². The molecule has 1 aromatic rings. The fourth-order valence-electron chi connectivity index (χ4n) is 1.41. The monoisotopic (exact) mass is 313 g/mol. The van der Waals surface area contributed by atoms with Gasteiger partial charge in [-0.1, -0.05) is 50.7 Å². The molecule has 0 unspecified atom stereocenters. The fourth-order valence-corrected chi connectivity index (χ4v) is 4.65. The third kappa shape index (κ3) is 1.44. The van der Waals surface area contributed by atoms with E-state index in [1.165, 1.54) is 19.2 Å². The van der Waals surface area contributed by atoms with Crippen molar-refractivity contribution < 1.29 is 0 Å². The number of benzene rings is 1. The number of allylic oxidation sites excluding steroid dienone is 2. The van der Waals surface area contributed by atoms with Crippen LogP contribution in [-0.2, 0) is 0 Å². The number of fused-ring (bicyclic) bond motifs is 1. The summed E-state index contributed by atoms with van der Waals surface area (Å²) in [5, 5.41) is 3.52. The van der Waals surface area contributed by atoms with Crippen LogP contribution in [0.2, 0.25) is 0 Å². The molecule has 0 fully saturated rings. The average molecular weight is 313 g/mol. The zero-order valence-electron chi connectivity index (χ0n) is 7.33. The van der Waals surface area contributed by atoms with Gasteiger partial charge in [-0.2, -0.15) is 0 Å². The summed E-state index contributed by atoms with van der Waals surface area (Å²) in [6, 6.07) is 8.49. The molecule has 0 amide bonds. The maximum absolute atomic E-state index is 3.52. The highest BCUT2D eigenvalue weighted by atomic mass is 127. The first-order valence-corrected chi connectivity index (χ1v) is 7.49. The number of nitrogens with one attached hydrogen (secondary N) is 1. The Bertz CT molecular complexity index is 431. The largest absolute Gasteiger partial charge is 0.349 e. The third-order valence-electron chi connectivity index (χ3n) is 2.06. The minimum Gasteiger partial charge on any atom is -0.349 e. The van der Waals surface area contributed by atoms with Gasteiger partial charge >= 0.3 is 0 Å². The summed E-state index contributed by atoms with van der Waals surface area (Å²) < 4.78 is 3.73. The van der Waals surface area contributed by atoms with Crippen LogP contribution in [-0.4, -0.2) is 4.01 Å². The van der Waals surface area contributed by atoms with Gasteiger partial charge in [0.05, 0.1) is 9.39 Å². The zero-order chi connectivity index (χ0) is 9.38. The SMILES string of the molecule is C1=CC2=C(Nc3ccccc3S2)I=C1. The lowest BCUT2D eigenvalue weighted by molar-refractivity contribution is 1.39. The smallest absolute Gasteiger partial charge is 0.0861 e. The Kier molecular flexibility index (Phi) is 2.21. The molecule has 3 rings (SSSR count). The first-order valence-electron chi connectivity index (χ1n) is 4.35. The van der Waals surface area contributed by atoms with Crippen LogP contribution in [0.1, 0.15) is 0 Å². The lowest BCUT2D eigenvalue weighted by atomic mass is 10.3. The third-order valence-corrected chi connectivity index (χ3v) is 5.81. The zero-order valence-corrected chi connectivity index (χ0v) is 10.3. The molecule has 2 heterocycles. The summed E-state index contributed by atoms with van der Waals surface area (Å²) in [5.74, 6) is 0. The van der Waals surface area contributed by atoms with E-state index in [4.69, 9.17) is 0 Å². The predicted molar refractivity (Wildman–Crippen MR) is 72.2 cm³/mol. The Balaban J connectivity index is 2.08. The Hall–Kier alpha value is -0.550. The minimum atomic E-state index is 0.0632. The Labute approximate surface area is 97.0 Å². The topological polar surface area (TPSA) is 12.0 Å². The molecule has 2 aliphatic rings. The molecule has 0 aliphatic carbocycles. The quantitative estimate of drug-likeness (QED) is 0.579. The van der Waals surface area contributed by atoms with Crippen molar-refractivity contribution in [3.63, 3.8) is 0 Å². The van der Waals surface area contributed by atoms with E-state index >= 15 is 0 Å². The van der Waals surface area contributed by atoms with Gasteiger partial charge in [0.1, 0.15) is 0 Å². The highest BCUT2D eigenvalue weighted by Crippen LogP contribution is 2.43. The molecule has 1 aromatic carbocycles. The van der Waals surface area contributed by atoms with Crippen LogP contribution >= 0.6 is 32.5 Å². The minimum absolute atomic E-state index is 0.0632. The number of thioether (sulfide) groups is 1. The molecule has 1 N–H and O–H groups in total. The standard InChI is InChI=1S/C11H8INS/c1-2-5-9-8(4-1)13-11-10(14-9)6-3-7-12-11/h1-7,13H. The van der Waals surface area contributed by atoms with Crippen molar-refractivity contribution in [2.45, 2.75) is 4.90 Å². The van der Waals surface area contributed by atoms with E-state index in [1.54, 1.807) is 0 Å². The average Bonchev–Trinajstić information content (AvgIpc) is 2.26. The molecular formula is C11H8INS. The fraction of sp³-hybridized carbons (Fsp3) is 0. The van der Waals surface area contributed by atoms with Crippen molar-refractivity contribution in [1.29, 1.82) is 0 Å². The second kappa shape index (κ2) is 3.55. The van der Waals surface area contributed by atoms with Crippen LogP contribution in [0.25, 0.3) is 0 Å². The van der Waals surface area contributed by atoms with Gasteiger partial charge in [0.25, 0.3) is 0 Å². The van der Waals surface area contributed by atoms with Gasteiger partial charge in [-0.15, -0.1) is 0 Å². The van der Waals surface area contributed by atoms with E-state index in [0.717, 1.165) is 0 Å². The number of hydrogen-bond acceptors (Lipinski definition) is 2. The summed E-state index contributed by atoms with van der Waals surface area (Å²) in [6.45, 7) is 0. The van der Waals surface area contributed by atoms with Gasteiger partial charge in [-0.3, -0.25) is 0 Å². The van der Waals surface area contributed by atoms with E-state index in [9.17, 15) is 0 Å². The lowest BCUT2D eigenvalue weighted by Crippen LogP contribution is -2.03.